The van der Waals surface area contributed by atoms with Crippen LogP contribution in [0.15, 0.2) is 41.5 Å². The second kappa shape index (κ2) is 4.10. The van der Waals surface area contributed by atoms with E-state index >= 15 is 0 Å². The molecule has 0 atom stereocenters. The van der Waals surface area contributed by atoms with E-state index in [9.17, 15) is 4.79 Å². The highest BCUT2D eigenvalue weighted by Crippen LogP contribution is 2.11. The first-order chi connectivity index (χ1) is 8.78. The molecule has 5 nitrogen and oxygen atoms in total. The van der Waals surface area contributed by atoms with Crippen LogP contribution in [-0.2, 0) is 6.42 Å². The second-order valence-electron chi connectivity index (χ2n) is 4.05. The van der Waals surface area contributed by atoms with Crippen molar-refractivity contribution in [2.45, 2.75) is 13.3 Å². The van der Waals surface area contributed by atoms with Crippen molar-refractivity contribution >= 4 is 10.9 Å². The molecule has 18 heavy (non-hydrogen) atoms. The minimum Gasteiger partial charge on any atom is -0.290 e. The number of aromatic nitrogens is 4. The SMILES string of the molecule is CCc1ccc2nc(-n3cccn3)[nH]c(=O)c2c1. The quantitative estimate of drug-likeness (QED) is 0.741. The van der Waals surface area contributed by atoms with Gasteiger partial charge in [-0.1, -0.05) is 13.0 Å². The molecule has 0 bridgehead atoms. The smallest absolute Gasteiger partial charge is 0.260 e. The van der Waals surface area contributed by atoms with Crippen LogP contribution in [-0.4, -0.2) is 19.7 Å². The summed E-state index contributed by atoms with van der Waals surface area (Å²) < 4.78 is 1.54. The number of H-pyrrole nitrogens is 1. The first-order valence-electron chi connectivity index (χ1n) is 5.81. The van der Waals surface area contributed by atoms with Crippen LogP contribution < -0.4 is 5.56 Å². The largest absolute Gasteiger partial charge is 0.290 e. The molecule has 0 fully saturated rings. The summed E-state index contributed by atoms with van der Waals surface area (Å²) in [6.45, 7) is 2.06. The van der Waals surface area contributed by atoms with Crippen LogP contribution in [0.4, 0.5) is 0 Å². The zero-order chi connectivity index (χ0) is 12.5. The Hall–Kier alpha value is -2.43. The third-order valence-electron chi connectivity index (χ3n) is 2.89. The lowest BCUT2D eigenvalue weighted by Crippen LogP contribution is -2.14. The van der Waals surface area contributed by atoms with Gasteiger partial charge in [0.1, 0.15) is 0 Å². The number of fused-ring (bicyclic) bond motifs is 1. The Morgan fingerprint density at radius 1 is 1.39 bits per heavy atom. The van der Waals surface area contributed by atoms with Gasteiger partial charge in [0.15, 0.2) is 0 Å². The summed E-state index contributed by atoms with van der Waals surface area (Å²) in [5.41, 5.74) is 1.67. The number of nitrogens with one attached hydrogen (secondary N) is 1. The highest BCUT2D eigenvalue weighted by atomic mass is 16.1. The fraction of sp³-hybridized carbons (Fsp3) is 0.154. The second-order valence-corrected chi connectivity index (χ2v) is 4.05. The van der Waals surface area contributed by atoms with E-state index in [-0.39, 0.29) is 5.56 Å². The van der Waals surface area contributed by atoms with E-state index in [1.807, 2.05) is 18.2 Å². The molecule has 1 N–H and O–H groups in total. The number of benzene rings is 1. The Labute approximate surface area is 103 Å². The molecule has 0 unspecified atom stereocenters. The van der Waals surface area contributed by atoms with Gasteiger partial charge in [-0.3, -0.25) is 9.78 Å². The highest BCUT2D eigenvalue weighted by Gasteiger charge is 2.05. The number of hydrogen-bond acceptors (Lipinski definition) is 3. The molecule has 0 aliphatic carbocycles. The molecular weight excluding hydrogens is 228 g/mol. The maximum absolute atomic E-state index is 12.0. The average Bonchev–Trinajstić information content (AvgIpc) is 2.92. The summed E-state index contributed by atoms with van der Waals surface area (Å²) in [6.07, 6.45) is 4.28. The minimum atomic E-state index is -0.138. The Morgan fingerprint density at radius 3 is 3.00 bits per heavy atom. The first kappa shape index (κ1) is 10.7. The summed E-state index contributed by atoms with van der Waals surface area (Å²) in [5, 5.41) is 4.67. The zero-order valence-electron chi connectivity index (χ0n) is 9.92. The molecule has 0 amide bonds. The maximum Gasteiger partial charge on any atom is 0.260 e. The average molecular weight is 240 g/mol. The van der Waals surface area contributed by atoms with E-state index in [0.717, 1.165) is 12.0 Å². The molecule has 0 radical (unpaired) electrons. The van der Waals surface area contributed by atoms with E-state index in [2.05, 4.69) is 22.0 Å². The Kier molecular flexibility index (Phi) is 2.44. The van der Waals surface area contributed by atoms with Crippen molar-refractivity contribution in [3.63, 3.8) is 0 Å². The van der Waals surface area contributed by atoms with Crippen molar-refractivity contribution in [1.82, 2.24) is 19.7 Å². The van der Waals surface area contributed by atoms with Crippen molar-refractivity contribution in [2.24, 2.45) is 0 Å². The Bertz CT molecular complexity index is 743. The topological polar surface area (TPSA) is 63.6 Å². The van der Waals surface area contributed by atoms with Gasteiger partial charge in [-0.2, -0.15) is 5.10 Å². The molecule has 90 valence electrons. The monoisotopic (exact) mass is 240 g/mol. The maximum atomic E-state index is 12.0. The predicted octanol–water partition coefficient (Wildman–Crippen LogP) is 1.67. The van der Waals surface area contributed by atoms with Crippen LogP contribution in [0.5, 0.6) is 0 Å². The lowest BCUT2D eigenvalue weighted by atomic mass is 10.1. The molecule has 3 aromatic rings. The van der Waals surface area contributed by atoms with Crippen LogP contribution in [0.25, 0.3) is 16.9 Å². The van der Waals surface area contributed by atoms with Gasteiger partial charge in [0, 0.05) is 12.4 Å². The first-order valence-corrected chi connectivity index (χ1v) is 5.81. The summed E-state index contributed by atoms with van der Waals surface area (Å²) in [7, 11) is 0. The normalized spacial score (nSPS) is 10.9. The van der Waals surface area contributed by atoms with Crippen LogP contribution in [0.3, 0.4) is 0 Å². The van der Waals surface area contributed by atoms with Crippen molar-refractivity contribution in [1.29, 1.82) is 0 Å². The van der Waals surface area contributed by atoms with Crippen LogP contribution in [0.1, 0.15) is 12.5 Å². The molecule has 1 aromatic carbocycles. The van der Waals surface area contributed by atoms with Crippen LogP contribution in [0, 0.1) is 0 Å². The van der Waals surface area contributed by atoms with E-state index in [0.29, 0.717) is 16.9 Å². The third kappa shape index (κ3) is 1.69. The molecule has 0 aliphatic rings. The van der Waals surface area contributed by atoms with Crippen molar-refractivity contribution in [3.8, 4) is 5.95 Å². The Morgan fingerprint density at radius 2 is 2.28 bits per heavy atom. The van der Waals surface area contributed by atoms with Gasteiger partial charge in [0.2, 0.25) is 5.95 Å². The predicted molar refractivity (Wildman–Crippen MR) is 68.9 cm³/mol. The Balaban J connectivity index is 2.26. The standard InChI is InChI=1S/C13H12N4O/c1-2-9-4-5-11-10(8-9)12(18)16-13(15-11)17-7-3-6-14-17/h3-8H,2H2,1H3,(H,15,16,18). The molecule has 2 heterocycles. The third-order valence-corrected chi connectivity index (χ3v) is 2.89. The molecular formula is C13H12N4O. The molecule has 0 spiro atoms. The summed E-state index contributed by atoms with van der Waals surface area (Å²) >= 11 is 0. The van der Waals surface area contributed by atoms with Crippen LogP contribution in [0.2, 0.25) is 0 Å². The number of rotatable bonds is 2. The van der Waals surface area contributed by atoms with Gasteiger partial charge in [0.05, 0.1) is 10.9 Å². The number of hydrogen-bond donors (Lipinski definition) is 1. The van der Waals surface area contributed by atoms with Crippen LogP contribution >= 0.6 is 0 Å². The lowest BCUT2D eigenvalue weighted by molar-refractivity contribution is 0.810. The van der Waals surface area contributed by atoms with Gasteiger partial charge in [-0.25, -0.2) is 9.67 Å². The lowest BCUT2D eigenvalue weighted by Gasteiger charge is -2.03. The van der Waals surface area contributed by atoms with Gasteiger partial charge in [-0.05, 0) is 30.2 Å². The molecule has 0 saturated heterocycles. The van der Waals surface area contributed by atoms with E-state index in [4.69, 9.17) is 0 Å². The summed E-state index contributed by atoms with van der Waals surface area (Å²) in [6, 6.07) is 7.52. The van der Waals surface area contributed by atoms with Gasteiger partial charge < -0.3 is 0 Å². The number of nitrogens with zero attached hydrogens (tertiary/aromatic N) is 3. The zero-order valence-corrected chi connectivity index (χ0v) is 9.92. The number of aryl methyl sites for hydroxylation is 1. The molecule has 5 heteroatoms. The highest BCUT2D eigenvalue weighted by molar-refractivity contribution is 5.78. The fourth-order valence-corrected chi connectivity index (χ4v) is 1.90. The van der Waals surface area contributed by atoms with Gasteiger partial charge in [0.25, 0.3) is 5.56 Å². The number of aromatic amines is 1. The van der Waals surface area contributed by atoms with E-state index < -0.39 is 0 Å². The molecule has 0 saturated carbocycles. The van der Waals surface area contributed by atoms with E-state index in [1.165, 1.54) is 4.68 Å². The van der Waals surface area contributed by atoms with Gasteiger partial charge in [-0.15, -0.1) is 0 Å². The van der Waals surface area contributed by atoms with Crippen molar-refractivity contribution in [2.75, 3.05) is 0 Å². The van der Waals surface area contributed by atoms with Gasteiger partial charge >= 0.3 is 0 Å². The van der Waals surface area contributed by atoms with Crippen molar-refractivity contribution < 1.29 is 0 Å². The molecule has 3 rings (SSSR count). The molecule has 0 aliphatic heterocycles. The van der Waals surface area contributed by atoms with Crippen molar-refractivity contribution in [3.05, 3.63) is 52.6 Å². The summed E-state index contributed by atoms with van der Waals surface area (Å²) in [4.78, 5) is 19.2. The molecule has 2 aromatic heterocycles. The summed E-state index contributed by atoms with van der Waals surface area (Å²) in [5.74, 6) is 0.432. The van der Waals surface area contributed by atoms with E-state index in [1.54, 1.807) is 18.5 Å². The fourth-order valence-electron chi connectivity index (χ4n) is 1.90. The minimum absolute atomic E-state index is 0.138.